The number of fused-ring (bicyclic) bond motifs is 1. The van der Waals surface area contributed by atoms with E-state index in [1.807, 2.05) is 42.6 Å². The van der Waals surface area contributed by atoms with Crippen LogP contribution in [0.25, 0.3) is 15.9 Å². The zero-order chi connectivity index (χ0) is 18.8. The SMILES string of the molecule is Cc1cccc(-n2c(SCC(=O)NC3CCCC3)nc3ccsc3c2=O)c1. The summed E-state index contributed by atoms with van der Waals surface area (Å²) < 4.78 is 2.26. The average Bonchev–Trinajstić information content (AvgIpc) is 3.31. The third-order valence-electron chi connectivity index (χ3n) is 4.76. The van der Waals surface area contributed by atoms with E-state index in [-0.39, 0.29) is 17.2 Å². The number of thiophene rings is 1. The molecular weight excluding hydrogens is 378 g/mol. The van der Waals surface area contributed by atoms with Crippen molar-refractivity contribution in [1.29, 1.82) is 0 Å². The van der Waals surface area contributed by atoms with Crippen LogP contribution >= 0.6 is 23.1 Å². The largest absolute Gasteiger partial charge is 0.353 e. The number of amides is 1. The maximum atomic E-state index is 13.1. The van der Waals surface area contributed by atoms with Gasteiger partial charge in [0, 0.05) is 6.04 Å². The second-order valence-corrected chi connectivity index (χ2v) is 8.71. The number of carbonyl (C=O) groups excluding carboxylic acids is 1. The van der Waals surface area contributed by atoms with E-state index in [2.05, 4.69) is 10.3 Å². The van der Waals surface area contributed by atoms with Crippen LogP contribution in [0.5, 0.6) is 0 Å². The number of thioether (sulfide) groups is 1. The summed E-state index contributed by atoms with van der Waals surface area (Å²) >= 11 is 2.71. The van der Waals surface area contributed by atoms with Crippen molar-refractivity contribution in [1.82, 2.24) is 14.9 Å². The van der Waals surface area contributed by atoms with Crippen LogP contribution < -0.4 is 10.9 Å². The van der Waals surface area contributed by atoms with E-state index < -0.39 is 0 Å². The monoisotopic (exact) mass is 399 g/mol. The molecule has 0 spiro atoms. The van der Waals surface area contributed by atoms with Gasteiger partial charge < -0.3 is 5.32 Å². The van der Waals surface area contributed by atoms with Gasteiger partial charge in [0.15, 0.2) is 5.16 Å². The Bertz CT molecular complexity index is 1040. The van der Waals surface area contributed by atoms with Gasteiger partial charge in [-0.2, -0.15) is 0 Å². The molecule has 0 aliphatic heterocycles. The van der Waals surface area contributed by atoms with Gasteiger partial charge in [-0.1, -0.05) is 36.7 Å². The third-order valence-corrected chi connectivity index (χ3v) is 6.59. The molecular formula is C20H21N3O2S2. The Balaban J connectivity index is 1.65. The third kappa shape index (κ3) is 3.94. The molecule has 140 valence electrons. The van der Waals surface area contributed by atoms with Gasteiger partial charge in [0.05, 0.1) is 17.0 Å². The quantitative estimate of drug-likeness (QED) is 0.522. The Morgan fingerprint density at radius 2 is 2.15 bits per heavy atom. The first kappa shape index (κ1) is 18.3. The van der Waals surface area contributed by atoms with Crippen LogP contribution in [0, 0.1) is 6.92 Å². The van der Waals surface area contributed by atoms with Gasteiger partial charge >= 0.3 is 0 Å². The van der Waals surface area contributed by atoms with Gasteiger partial charge in [0.2, 0.25) is 5.91 Å². The Morgan fingerprint density at radius 3 is 2.93 bits per heavy atom. The van der Waals surface area contributed by atoms with Crippen LogP contribution in [0.15, 0.2) is 45.7 Å². The maximum absolute atomic E-state index is 13.1. The summed E-state index contributed by atoms with van der Waals surface area (Å²) in [6, 6.07) is 9.93. The number of hydrogen-bond acceptors (Lipinski definition) is 5. The van der Waals surface area contributed by atoms with Crippen LogP contribution in [0.3, 0.4) is 0 Å². The average molecular weight is 400 g/mol. The molecule has 1 amide bonds. The van der Waals surface area contributed by atoms with Crippen molar-refractivity contribution in [3.8, 4) is 5.69 Å². The zero-order valence-corrected chi connectivity index (χ0v) is 16.7. The van der Waals surface area contributed by atoms with Crippen molar-refractivity contribution in [2.75, 3.05) is 5.75 Å². The molecule has 0 atom stereocenters. The van der Waals surface area contributed by atoms with Gasteiger partial charge in [-0.15, -0.1) is 11.3 Å². The molecule has 27 heavy (non-hydrogen) atoms. The molecule has 1 aromatic carbocycles. The lowest BCUT2D eigenvalue weighted by Gasteiger charge is -2.14. The highest BCUT2D eigenvalue weighted by Crippen LogP contribution is 2.24. The van der Waals surface area contributed by atoms with Crippen LogP contribution in [0.1, 0.15) is 31.2 Å². The van der Waals surface area contributed by atoms with Crippen LogP contribution in [-0.4, -0.2) is 27.3 Å². The van der Waals surface area contributed by atoms with Gasteiger partial charge in [-0.25, -0.2) is 4.98 Å². The number of nitrogens with one attached hydrogen (secondary N) is 1. The summed E-state index contributed by atoms with van der Waals surface area (Å²) in [7, 11) is 0. The van der Waals surface area contributed by atoms with E-state index in [9.17, 15) is 9.59 Å². The van der Waals surface area contributed by atoms with E-state index in [0.29, 0.717) is 21.4 Å². The van der Waals surface area contributed by atoms with Gasteiger partial charge in [0.1, 0.15) is 4.70 Å². The normalized spacial score (nSPS) is 14.7. The molecule has 1 saturated carbocycles. The van der Waals surface area contributed by atoms with Crippen molar-refractivity contribution in [3.63, 3.8) is 0 Å². The summed E-state index contributed by atoms with van der Waals surface area (Å²) in [6.07, 6.45) is 4.48. The number of carbonyl (C=O) groups is 1. The molecule has 0 unspecified atom stereocenters. The predicted molar refractivity (Wildman–Crippen MR) is 111 cm³/mol. The number of hydrogen-bond donors (Lipinski definition) is 1. The molecule has 1 fully saturated rings. The second-order valence-electron chi connectivity index (χ2n) is 6.85. The smallest absolute Gasteiger partial charge is 0.276 e. The number of aryl methyl sites for hydroxylation is 1. The second kappa shape index (κ2) is 7.86. The summed E-state index contributed by atoms with van der Waals surface area (Å²) in [6.45, 7) is 1.99. The predicted octanol–water partition coefficient (Wildman–Crippen LogP) is 3.91. The van der Waals surface area contributed by atoms with Gasteiger partial charge in [-0.3, -0.25) is 14.2 Å². The molecule has 2 aromatic heterocycles. The fourth-order valence-corrected chi connectivity index (χ4v) is 5.04. The first-order valence-corrected chi connectivity index (χ1v) is 11.0. The minimum absolute atomic E-state index is 0.00218. The van der Waals surface area contributed by atoms with Gasteiger partial charge in [0.25, 0.3) is 5.56 Å². The summed E-state index contributed by atoms with van der Waals surface area (Å²) in [5.41, 5.74) is 2.45. The summed E-state index contributed by atoms with van der Waals surface area (Å²) in [5, 5.41) is 5.52. The number of benzene rings is 1. The van der Waals surface area contributed by atoms with E-state index in [0.717, 1.165) is 24.1 Å². The molecule has 7 heteroatoms. The van der Waals surface area contributed by atoms with E-state index in [1.54, 1.807) is 4.57 Å². The lowest BCUT2D eigenvalue weighted by molar-refractivity contribution is -0.119. The Morgan fingerprint density at radius 1 is 1.33 bits per heavy atom. The molecule has 0 radical (unpaired) electrons. The molecule has 1 N–H and O–H groups in total. The molecule has 0 bridgehead atoms. The number of rotatable bonds is 5. The Kier molecular flexibility index (Phi) is 5.31. The number of aromatic nitrogens is 2. The van der Waals surface area contributed by atoms with Gasteiger partial charge in [-0.05, 0) is 48.9 Å². The zero-order valence-electron chi connectivity index (χ0n) is 15.1. The molecule has 5 nitrogen and oxygen atoms in total. The topological polar surface area (TPSA) is 64.0 Å². The lowest BCUT2D eigenvalue weighted by Crippen LogP contribution is -2.34. The van der Waals surface area contributed by atoms with Crippen LogP contribution in [0.4, 0.5) is 0 Å². The minimum atomic E-state index is -0.0840. The van der Waals surface area contributed by atoms with Crippen molar-refractivity contribution < 1.29 is 4.79 Å². The molecule has 4 rings (SSSR count). The Labute approximate surface area is 165 Å². The lowest BCUT2D eigenvalue weighted by atomic mass is 10.2. The molecule has 2 heterocycles. The van der Waals surface area contributed by atoms with E-state index >= 15 is 0 Å². The molecule has 1 aliphatic carbocycles. The minimum Gasteiger partial charge on any atom is -0.353 e. The first-order valence-electron chi connectivity index (χ1n) is 9.11. The fraction of sp³-hybridized carbons (Fsp3) is 0.350. The van der Waals surface area contributed by atoms with Crippen LogP contribution in [0.2, 0.25) is 0 Å². The van der Waals surface area contributed by atoms with E-state index in [4.69, 9.17) is 0 Å². The number of nitrogens with zero attached hydrogens (tertiary/aromatic N) is 2. The molecule has 1 aliphatic rings. The van der Waals surface area contributed by atoms with Crippen molar-refractivity contribution in [2.24, 2.45) is 0 Å². The highest BCUT2D eigenvalue weighted by molar-refractivity contribution is 7.99. The van der Waals surface area contributed by atoms with Crippen molar-refractivity contribution in [2.45, 2.75) is 43.8 Å². The highest BCUT2D eigenvalue weighted by Gasteiger charge is 2.19. The standard InChI is InChI=1S/C20H21N3O2S2/c1-13-5-4-8-15(11-13)23-19(25)18-16(9-10-26-18)22-20(23)27-12-17(24)21-14-6-2-3-7-14/h4-5,8-11,14H,2-3,6-7,12H2,1H3,(H,21,24). The molecule has 0 saturated heterocycles. The summed E-state index contributed by atoms with van der Waals surface area (Å²) in [4.78, 5) is 30.1. The fourth-order valence-electron chi connectivity index (χ4n) is 3.45. The van der Waals surface area contributed by atoms with E-state index in [1.165, 1.54) is 35.9 Å². The Hall–Kier alpha value is -2.12. The van der Waals surface area contributed by atoms with Crippen LogP contribution in [-0.2, 0) is 4.79 Å². The van der Waals surface area contributed by atoms with Crippen molar-refractivity contribution in [3.05, 3.63) is 51.6 Å². The highest BCUT2D eigenvalue weighted by atomic mass is 32.2. The first-order chi connectivity index (χ1) is 13.1. The summed E-state index contributed by atoms with van der Waals surface area (Å²) in [5.74, 6) is 0.257. The van der Waals surface area contributed by atoms with Crippen molar-refractivity contribution >= 4 is 39.2 Å². The molecule has 3 aromatic rings. The maximum Gasteiger partial charge on any atom is 0.276 e.